The number of nitrogens with one attached hydrogen (secondary N) is 1. The highest BCUT2D eigenvalue weighted by atomic mass is 16.5. The van der Waals surface area contributed by atoms with Crippen LogP contribution >= 0.6 is 0 Å². The number of aryl methyl sites for hydroxylation is 1. The van der Waals surface area contributed by atoms with Gasteiger partial charge in [-0.05, 0) is 25.0 Å². The van der Waals surface area contributed by atoms with E-state index in [4.69, 9.17) is 9.47 Å². The van der Waals surface area contributed by atoms with Crippen molar-refractivity contribution >= 4 is 11.4 Å². The molecule has 9 nitrogen and oxygen atoms in total. The van der Waals surface area contributed by atoms with Crippen molar-refractivity contribution in [3.05, 3.63) is 43.5 Å². The van der Waals surface area contributed by atoms with Gasteiger partial charge in [0.25, 0.3) is 0 Å². The summed E-state index contributed by atoms with van der Waals surface area (Å²) in [6, 6.07) is 1.90. The van der Waals surface area contributed by atoms with Crippen LogP contribution in [0.3, 0.4) is 0 Å². The molecule has 0 radical (unpaired) electrons. The summed E-state index contributed by atoms with van der Waals surface area (Å²) in [5.41, 5.74) is 2.58. The molecule has 0 bridgehead atoms. The van der Waals surface area contributed by atoms with Gasteiger partial charge >= 0.3 is 0 Å². The predicted molar refractivity (Wildman–Crippen MR) is 104 cm³/mol. The smallest absolute Gasteiger partial charge is 0.243 e. The molecule has 0 spiro atoms. The van der Waals surface area contributed by atoms with Crippen LogP contribution in [0.2, 0.25) is 0 Å². The van der Waals surface area contributed by atoms with Crippen molar-refractivity contribution in [2.75, 3.05) is 20.3 Å². The summed E-state index contributed by atoms with van der Waals surface area (Å²) in [5.74, 6) is 0.448. The summed E-state index contributed by atoms with van der Waals surface area (Å²) in [6.07, 6.45) is 10.6. The molecule has 1 fully saturated rings. The van der Waals surface area contributed by atoms with Gasteiger partial charge in [-0.1, -0.05) is 6.58 Å². The minimum absolute atomic E-state index is 0.0455. The van der Waals surface area contributed by atoms with Crippen LogP contribution in [0.5, 0.6) is 5.88 Å². The first-order valence-corrected chi connectivity index (χ1v) is 9.02. The number of aromatic nitrogens is 5. The molecule has 3 aromatic heterocycles. The van der Waals surface area contributed by atoms with Crippen LogP contribution in [0.25, 0.3) is 16.8 Å². The lowest BCUT2D eigenvalue weighted by molar-refractivity contribution is -0.116. The zero-order chi connectivity index (χ0) is 19.9. The van der Waals surface area contributed by atoms with E-state index in [-0.39, 0.29) is 12.0 Å². The maximum Gasteiger partial charge on any atom is 0.243 e. The monoisotopic (exact) mass is 384 g/mol. The van der Waals surface area contributed by atoms with E-state index in [9.17, 15) is 4.79 Å². The second kappa shape index (κ2) is 9.14. The molecule has 4 heterocycles. The van der Waals surface area contributed by atoms with Crippen molar-refractivity contribution in [3.8, 4) is 17.1 Å². The standard InChI is InChI=1S/C15H17N5O2.C4H7NO/c1-19-8-11(7-17-19)13-9-20-14(4-5-16-20)15(18-13)22-12-3-2-6-21-10-12;1-3-4(6)5-2/h4-5,7-9,12H,2-3,6,10H2,1H3;3H,1H2,2H3,(H,5,6)/t12-;/m1./s1. The largest absolute Gasteiger partial charge is 0.470 e. The summed E-state index contributed by atoms with van der Waals surface area (Å²) >= 11 is 0. The van der Waals surface area contributed by atoms with E-state index in [0.29, 0.717) is 12.5 Å². The molecule has 1 atom stereocenters. The Labute approximate surface area is 163 Å². The number of fused-ring (bicyclic) bond motifs is 1. The van der Waals surface area contributed by atoms with Crippen LogP contribution in [-0.2, 0) is 16.6 Å². The average molecular weight is 384 g/mol. The molecule has 3 aromatic rings. The van der Waals surface area contributed by atoms with E-state index in [1.165, 1.54) is 6.08 Å². The Bertz CT molecular complexity index is 942. The Morgan fingerprint density at radius 1 is 1.43 bits per heavy atom. The van der Waals surface area contributed by atoms with Crippen molar-refractivity contribution in [2.24, 2.45) is 7.05 Å². The first-order valence-electron chi connectivity index (χ1n) is 9.02. The highest BCUT2D eigenvalue weighted by molar-refractivity contribution is 5.86. The van der Waals surface area contributed by atoms with Gasteiger partial charge in [-0.2, -0.15) is 10.2 Å². The molecule has 4 rings (SSSR count). The number of likely N-dealkylation sites (N-methyl/N-ethyl adjacent to an activating group) is 1. The molecule has 1 aliphatic rings. The molecule has 0 aliphatic carbocycles. The first kappa shape index (κ1) is 19.6. The fourth-order valence-electron chi connectivity index (χ4n) is 2.74. The van der Waals surface area contributed by atoms with Crippen molar-refractivity contribution < 1.29 is 14.3 Å². The van der Waals surface area contributed by atoms with E-state index in [2.05, 4.69) is 27.1 Å². The van der Waals surface area contributed by atoms with E-state index in [1.807, 2.05) is 25.5 Å². The summed E-state index contributed by atoms with van der Waals surface area (Å²) in [5, 5.41) is 10.9. The molecule has 1 saturated heterocycles. The van der Waals surface area contributed by atoms with Gasteiger partial charge in [-0.15, -0.1) is 0 Å². The molecule has 28 heavy (non-hydrogen) atoms. The highest BCUT2D eigenvalue weighted by Gasteiger charge is 2.19. The van der Waals surface area contributed by atoms with Crippen LogP contribution in [0.15, 0.2) is 43.5 Å². The van der Waals surface area contributed by atoms with E-state index >= 15 is 0 Å². The minimum Gasteiger partial charge on any atom is -0.470 e. The topological polar surface area (TPSA) is 95.6 Å². The number of hydrogen-bond acceptors (Lipinski definition) is 6. The number of carbonyl (C=O) groups excluding carboxylic acids is 1. The van der Waals surface area contributed by atoms with Crippen LogP contribution in [-0.4, -0.2) is 56.7 Å². The Morgan fingerprint density at radius 2 is 2.29 bits per heavy atom. The Kier molecular flexibility index (Phi) is 6.38. The molecule has 0 unspecified atom stereocenters. The lowest BCUT2D eigenvalue weighted by Crippen LogP contribution is -2.28. The van der Waals surface area contributed by atoms with Gasteiger partial charge < -0.3 is 14.8 Å². The molecule has 1 aliphatic heterocycles. The second-order valence-corrected chi connectivity index (χ2v) is 6.27. The number of carbonyl (C=O) groups is 1. The van der Waals surface area contributed by atoms with Gasteiger partial charge in [0.05, 0.1) is 30.9 Å². The molecule has 148 valence electrons. The zero-order valence-electron chi connectivity index (χ0n) is 16.0. The Morgan fingerprint density at radius 3 is 2.89 bits per heavy atom. The van der Waals surface area contributed by atoms with Crippen LogP contribution in [0, 0.1) is 0 Å². The third kappa shape index (κ3) is 4.74. The van der Waals surface area contributed by atoms with Gasteiger partial charge in [0, 0.05) is 32.5 Å². The number of amides is 1. The number of rotatable bonds is 4. The van der Waals surface area contributed by atoms with E-state index < -0.39 is 0 Å². The SMILES string of the molecule is C=CC(=O)NC.Cn1cc(-c2cn3nccc3c(O[C@@H]3CCCOC3)n2)cn1. The molecule has 0 saturated carbocycles. The Balaban J connectivity index is 0.000000330. The van der Waals surface area contributed by atoms with Crippen molar-refractivity contribution in [3.63, 3.8) is 0 Å². The van der Waals surface area contributed by atoms with E-state index in [0.717, 1.165) is 36.2 Å². The fourth-order valence-corrected chi connectivity index (χ4v) is 2.74. The number of ether oxygens (including phenoxy) is 2. The highest BCUT2D eigenvalue weighted by Crippen LogP contribution is 2.25. The molecular weight excluding hydrogens is 360 g/mol. The Hall–Kier alpha value is -3.20. The summed E-state index contributed by atoms with van der Waals surface area (Å²) in [4.78, 5) is 14.6. The van der Waals surface area contributed by atoms with Gasteiger partial charge in [0.1, 0.15) is 11.6 Å². The van der Waals surface area contributed by atoms with Gasteiger partial charge in [0.2, 0.25) is 11.8 Å². The van der Waals surface area contributed by atoms with Crippen LogP contribution < -0.4 is 10.1 Å². The van der Waals surface area contributed by atoms with Gasteiger partial charge in [-0.25, -0.2) is 9.50 Å². The minimum atomic E-state index is -0.144. The third-order valence-electron chi connectivity index (χ3n) is 4.19. The lowest BCUT2D eigenvalue weighted by atomic mass is 10.2. The summed E-state index contributed by atoms with van der Waals surface area (Å²) in [6.45, 7) is 4.64. The quantitative estimate of drug-likeness (QED) is 0.687. The maximum absolute atomic E-state index is 9.95. The normalized spacial score (nSPS) is 16.1. The average Bonchev–Trinajstić information content (AvgIpc) is 3.37. The van der Waals surface area contributed by atoms with Crippen molar-refractivity contribution in [2.45, 2.75) is 18.9 Å². The predicted octanol–water partition coefficient (Wildman–Crippen LogP) is 1.61. The number of nitrogens with zero attached hydrogens (tertiary/aromatic N) is 5. The lowest BCUT2D eigenvalue weighted by Gasteiger charge is -2.23. The molecule has 1 amide bonds. The third-order valence-corrected chi connectivity index (χ3v) is 4.19. The first-order chi connectivity index (χ1) is 13.6. The van der Waals surface area contributed by atoms with Crippen molar-refractivity contribution in [1.29, 1.82) is 0 Å². The second-order valence-electron chi connectivity index (χ2n) is 6.27. The fraction of sp³-hybridized carbons (Fsp3) is 0.368. The van der Waals surface area contributed by atoms with Crippen LogP contribution in [0.4, 0.5) is 0 Å². The summed E-state index contributed by atoms with van der Waals surface area (Å²) in [7, 11) is 3.44. The zero-order valence-corrected chi connectivity index (χ0v) is 16.0. The molecule has 0 aromatic carbocycles. The number of hydrogen-bond donors (Lipinski definition) is 1. The van der Waals surface area contributed by atoms with Crippen LogP contribution in [0.1, 0.15) is 12.8 Å². The van der Waals surface area contributed by atoms with Crippen molar-refractivity contribution in [1.82, 2.24) is 29.7 Å². The molecular formula is C19H24N6O3. The molecule has 1 N–H and O–H groups in total. The van der Waals surface area contributed by atoms with E-state index in [1.54, 1.807) is 28.6 Å². The maximum atomic E-state index is 9.95. The van der Waals surface area contributed by atoms with Gasteiger partial charge in [0.15, 0.2) is 0 Å². The molecule has 9 heteroatoms. The summed E-state index contributed by atoms with van der Waals surface area (Å²) < 4.78 is 15.1. The van der Waals surface area contributed by atoms with Gasteiger partial charge in [-0.3, -0.25) is 9.48 Å².